The fraction of sp³-hybridized carbons (Fsp3) is 0.368. The van der Waals surface area contributed by atoms with Gasteiger partial charge in [0.2, 0.25) is 0 Å². The molecule has 0 radical (unpaired) electrons. The Labute approximate surface area is 291 Å². The molecule has 0 saturated carbocycles. The molecule has 0 aliphatic carbocycles. The van der Waals surface area contributed by atoms with Crippen molar-refractivity contribution >= 4 is 23.3 Å². The Morgan fingerprint density at radius 2 is 1.54 bits per heavy atom. The van der Waals surface area contributed by atoms with Crippen molar-refractivity contribution in [1.82, 2.24) is 9.13 Å². The number of Topliss-reactive ketones (excluding diaryl/α,β-unsaturated/α-hetero) is 1. The number of aromatic nitrogens is 2. The number of aliphatic hydroxyl groups excluding tert-OH is 1. The van der Waals surface area contributed by atoms with E-state index in [0.29, 0.717) is 15.7 Å². The van der Waals surface area contributed by atoms with Crippen LogP contribution in [-0.4, -0.2) is 57.3 Å². The number of unbranched alkanes of at least 4 members (excludes halogenated alkanes) is 5. The van der Waals surface area contributed by atoms with Crippen molar-refractivity contribution in [3.05, 3.63) is 106 Å². The molecule has 50 heavy (non-hydrogen) atoms. The van der Waals surface area contributed by atoms with Crippen molar-refractivity contribution in [3.63, 3.8) is 0 Å². The topological polar surface area (TPSA) is 158 Å². The second-order valence-electron chi connectivity index (χ2n) is 11.7. The zero-order chi connectivity index (χ0) is 36.0. The summed E-state index contributed by atoms with van der Waals surface area (Å²) in [6.45, 7) is 3.86. The minimum absolute atomic E-state index is 0.0139. The maximum absolute atomic E-state index is 14.2. The Bertz CT molecular complexity index is 1800. The number of ether oxygens (including phenoxy) is 3. The van der Waals surface area contributed by atoms with Crippen LogP contribution in [0.5, 0.6) is 17.5 Å². The first-order valence-corrected chi connectivity index (χ1v) is 16.8. The van der Waals surface area contributed by atoms with Crippen molar-refractivity contribution in [2.75, 3.05) is 25.6 Å². The van der Waals surface area contributed by atoms with Crippen LogP contribution in [0.4, 0.5) is 5.69 Å². The standard InChI is InChI=1S/C38H45N3O9/c1-4-6-7-8-9-13-22-50-37(46)29-20-21-31(48-3)30(23-29)39-34(44)32(33(43)28-18-16-27(25-42)17-19-28)41-35(45)36(49-5-2)40(38(41)47)24-26-14-11-10-12-15-26/h10-12,14-21,23,32,42,45H,4-9,13,22,24-25H2,1-3H3,(H,39,44). The number of benzene rings is 3. The van der Waals surface area contributed by atoms with Crippen molar-refractivity contribution in [2.24, 2.45) is 0 Å². The SMILES string of the molecule is CCCCCCCCOC(=O)c1ccc(OC)c(NC(=O)C(C(=O)c2ccc(CO)cc2)n2c(O)c(OCC)n(Cc3ccccc3)c2=O)c1. The summed E-state index contributed by atoms with van der Waals surface area (Å²) in [5, 5.41) is 23.6. The van der Waals surface area contributed by atoms with Gasteiger partial charge in [0.1, 0.15) is 5.75 Å². The molecule has 3 aromatic carbocycles. The van der Waals surface area contributed by atoms with E-state index in [1.54, 1.807) is 31.2 Å². The number of carbonyl (C=O) groups is 3. The molecule has 4 aromatic rings. The summed E-state index contributed by atoms with van der Waals surface area (Å²) in [5.41, 5.74) is 0.601. The molecule has 12 heteroatoms. The van der Waals surface area contributed by atoms with E-state index in [4.69, 9.17) is 14.2 Å². The number of methoxy groups -OCH3 is 1. The first kappa shape index (κ1) is 37.5. The average Bonchev–Trinajstić information content (AvgIpc) is 3.35. The predicted molar refractivity (Wildman–Crippen MR) is 188 cm³/mol. The molecule has 0 spiro atoms. The van der Waals surface area contributed by atoms with E-state index < -0.39 is 35.3 Å². The van der Waals surface area contributed by atoms with Crippen LogP contribution in [-0.2, 0) is 22.7 Å². The van der Waals surface area contributed by atoms with Crippen LogP contribution < -0.4 is 20.5 Å². The predicted octanol–water partition coefficient (Wildman–Crippen LogP) is 5.88. The van der Waals surface area contributed by atoms with Gasteiger partial charge >= 0.3 is 11.7 Å². The molecule has 0 fully saturated rings. The van der Waals surface area contributed by atoms with Crippen LogP contribution in [0.3, 0.4) is 0 Å². The van der Waals surface area contributed by atoms with Crippen molar-refractivity contribution in [1.29, 1.82) is 0 Å². The van der Waals surface area contributed by atoms with E-state index in [9.17, 15) is 29.4 Å². The van der Waals surface area contributed by atoms with E-state index in [2.05, 4.69) is 12.2 Å². The third kappa shape index (κ3) is 9.20. The third-order valence-corrected chi connectivity index (χ3v) is 8.17. The molecule has 1 aromatic heterocycles. The number of hydrogen-bond donors (Lipinski definition) is 3. The molecule has 4 rings (SSSR count). The highest BCUT2D eigenvalue weighted by molar-refractivity contribution is 6.16. The zero-order valence-corrected chi connectivity index (χ0v) is 28.7. The Balaban J connectivity index is 1.70. The van der Waals surface area contributed by atoms with Gasteiger partial charge in [0, 0.05) is 5.56 Å². The number of imidazole rings is 1. The van der Waals surface area contributed by atoms with Crippen LogP contribution in [0.15, 0.2) is 77.6 Å². The van der Waals surface area contributed by atoms with Gasteiger partial charge in [0.25, 0.3) is 17.7 Å². The zero-order valence-electron chi connectivity index (χ0n) is 28.7. The summed E-state index contributed by atoms with van der Waals surface area (Å²) < 4.78 is 18.4. The monoisotopic (exact) mass is 687 g/mol. The van der Waals surface area contributed by atoms with Crippen LogP contribution in [0, 0.1) is 0 Å². The second kappa shape index (κ2) is 18.4. The molecule has 1 unspecified atom stereocenters. The lowest BCUT2D eigenvalue weighted by atomic mass is 10.0. The summed E-state index contributed by atoms with van der Waals surface area (Å²) in [5.74, 6) is -3.16. The fourth-order valence-electron chi connectivity index (χ4n) is 5.50. The average molecular weight is 688 g/mol. The molecule has 3 N–H and O–H groups in total. The van der Waals surface area contributed by atoms with Gasteiger partial charge in [-0.3, -0.25) is 14.2 Å². The third-order valence-electron chi connectivity index (χ3n) is 8.17. The Morgan fingerprint density at radius 3 is 2.20 bits per heavy atom. The van der Waals surface area contributed by atoms with Gasteiger partial charge in [0.05, 0.1) is 44.7 Å². The molecule has 0 aliphatic rings. The second-order valence-corrected chi connectivity index (χ2v) is 11.7. The molecule has 0 aliphatic heterocycles. The minimum Gasteiger partial charge on any atom is -0.495 e. The van der Waals surface area contributed by atoms with Gasteiger partial charge < -0.3 is 29.7 Å². The highest BCUT2D eigenvalue weighted by Gasteiger charge is 2.37. The summed E-state index contributed by atoms with van der Waals surface area (Å²) in [7, 11) is 1.38. The number of nitrogens with zero attached hydrogens (tertiary/aromatic N) is 2. The Morgan fingerprint density at radius 1 is 0.860 bits per heavy atom. The number of hydrogen-bond acceptors (Lipinski definition) is 9. The van der Waals surface area contributed by atoms with E-state index in [-0.39, 0.29) is 54.8 Å². The number of aromatic hydroxyl groups is 1. The van der Waals surface area contributed by atoms with Gasteiger partial charge in [-0.1, -0.05) is 93.6 Å². The maximum atomic E-state index is 14.2. The normalized spacial score (nSPS) is 11.5. The molecule has 266 valence electrons. The van der Waals surface area contributed by atoms with Crippen molar-refractivity contribution in [2.45, 2.75) is 71.6 Å². The number of carbonyl (C=O) groups excluding carboxylic acids is 3. The van der Waals surface area contributed by atoms with Gasteiger partial charge in [-0.2, -0.15) is 0 Å². The summed E-state index contributed by atoms with van der Waals surface area (Å²) >= 11 is 0. The molecule has 12 nitrogen and oxygen atoms in total. The van der Waals surface area contributed by atoms with Gasteiger partial charge in [0.15, 0.2) is 11.8 Å². The number of nitrogens with one attached hydrogen (secondary N) is 1. The van der Waals surface area contributed by atoms with Crippen LogP contribution >= 0.6 is 0 Å². The van der Waals surface area contributed by atoms with Gasteiger partial charge in [-0.25, -0.2) is 14.2 Å². The lowest BCUT2D eigenvalue weighted by molar-refractivity contribution is -0.118. The fourth-order valence-corrected chi connectivity index (χ4v) is 5.50. The van der Waals surface area contributed by atoms with Crippen molar-refractivity contribution in [3.8, 4) is 17.5 Å². The first-order valence-electron chi connectivity index (χ1n) is 16.8. The Hall–Kier alpha value is -5.36. The lowest BCUT2D eigenvalue weighted by Gasteiger charge is -2.19. The van der Waals surface area contributed by atoms with Gasteiger partial charge in [-0.05, 0) is 42.7 Å². The number of rotatable bonds is 19. The lowest BCUT2D eigenvalue weighted by Crippen LogP contribution is -2.39. The summed E-state index contributed by atoms with van der Waals surface area (Å²) in [4.78, 5) is 55.3. The molecule has 1 heterocycles. The number of amides is 1. The molecule has 0 saturated heterocycles. The molecular weight excluding hydrogens is 642 g/mol. The molecular formula is C38H45N3O9. The maximum Gasteiger partial charge on any atom is 0.338 e. The summed E-state index contributed by atoms with van der Waals surface area (Å²) in [6, 6.07) is 17.3. The van der Waals surface area contributed by atoms with Crippen molar-refractivity contribution < 1.29 is 38.8 Å². The van der Waals surface area contributed by atoms with Crippen LogP contribution in [0.1, 0.15) is 90.3 Å². The molecule has 1 amide bonds. The van der Waals surface area contributed by atoms with Crippen LogP contribution in [0.25, 0.3) is 0 Å². The molecule has 0 bridgehead atoms. The largest absolute Gasteiger partial charge is 0.495 e. The summed E-state index contributed by atoms with van der Waals surface area (Å²) in [6.07, 6.45) is 6.19. The molecule has 1 atom stereocenters. The van der Waals surface area contributed by atoms with E-state index in [0.717, 1.165) is 36.7 Å². The number of esters is 1. The van der Waals surface area contributed by atoms with E-state index in [1.165, 1.54) is 56.0 Å². The Kier molecular flexibility index (Phi) is 13.8. The van der Waals surface area contributed by atoms with E-state index >= 15 is 0 Å². The highest BCUT2D eigenvalue weighted by Crippen LogP contribution is 2.32. The highest BCUT2D eigenvalue weighted by atomic mass is 16.5. The smallest absolute Gasteiger partial charge is 0.338 e. The minimum atomic E-state index is -1.92. The van der Waals surface area contributed by atoms with Gasteiger partial charge in [-0.15, -0.1) is 0 Å². The van der Waals surface area contributed by atoms with Crippen LogP contribution in [0.2, 0.25) is 0 Å². The first-order chi connectivity index (χ1) is 24.2. The number of aliphatic hydroxyl groups is 1. The number of anilines is 1. The number of ketones is 1. The van der Waals surface area contributed by atoms with E-state index in [1.807, 2.05) is 6.07 Å². The quantitative estimate of drug-likeness (QED) is 0.0474.